The van der Waals surface area contributed by atoms with Gasteiger partial charge in [-0.25, -0.2) is 9.36 Å². The summed E-state index contributed by atoms with van der Waals surface area (Å²) in [6.45, 7) is 7.28. The Morgan fingerprint density at radius 3 is 2.73 bits per heavy atom. The molecule has 0 saturated heterocycles. The number of thiophene rings is 1. The minimum absolute atomic E-state index is 0.0668. The zero-order valence-electron chi connectivity index (χ0n) is 19.0. The van der Waals surface area contributed by atoms with E-state index in [1.807, 2.05) is 42.6 Å². The molecule has 0 fully saturated rings. The highest BCUT2D eigenvalue weighted by atomic mass is 32.1. The van der Waals surface area contributed by atoms with Gasteiger partial charge in [0, 0.05) is 16.1 Å². The molecule has 0 unspecified atom stereocenters. The first kappa shape index (κ1) is 22.8. The highest BCUT2D eigenvalue weighted by Crippen LogP contribution is 2.45. The summed E-state index contributed by atoms with van der Waals surface area (Å²) >= 11 is 1.56. The number of anilines is 1. The standard InChI is InChI=1S/C25H25N3O4S/c1-5-25(21-7-6-12-33-21)18-13-16(8-10-19(18)27-22(29)15-31-25)20-11-9-17(14-26)28(20)23(30)32-24(2,3)4/h6-13H,5,15H2,1-4H3,(H,27,29)/t25-/m1/s1. The molecule has 0 radical (unpaired) electrons. The summed E-state index contributed by atoms with van der Waals surface area (Å²) in [5.41, 5.74) is 1.33. The van der Waals surface area contributed by atoms with Crippen LogP contribution in [0.25, 0.3) is 11.3 Å². The van der Waals surface area contributed by atoms with Gasteiger partial charge in [0.25, 0.3) is 0 Å². The van der Waals surface area contributed by atoms with Crippen LogP contribution in [0.3, 0.4) is 0 Å². The Morgan fingerprint density at radius 1 is 1.30 bits per heavy atom. The molecular weight excluding hydrogens is 438 g/mol. The number of carbonyl (C=O) groups is 2. The maximum atomic E-state index is 13.0. The van der Waals surface area contributed by atoms with E-state index in [1.165, 1.54) is 4.57 Å². The van der Waals surface area contributed by atoms with Crippen LogP contribution in [0.15, 0.2) is 47.8 Å². The third-order valence-corrected chi connectivity index (χ3v) is 6.48. The number of hydrogen-bond acceptors (Lipinski definition) is 6. The number of benzene rings is 1. The number of nitriles is 1. The average Bonchev–Trinajstić information content (AvgIpc) is 3.42. The van der Waals surface area contributed by atoms with Gasteiger partial charge in [-0.3, -0.25) is 4.79 Å². The Labute approximate surface area is 196 Å². The van der Waals surface area contributed by atoms with Gasteiger partial charge < -0.3 is 14.8 Å². The lowest BCUT2D eigenvalue weighted by Crippen LogP contribution is -2.30. The molecule has 2 aromatic heterocycles. The molecule has 7 nitrogen and oxygen atoms in total. The van der Waals surface area contributed by atoms with Crippen molar-refractivity contribution in [1.29, 1.82) is 5.26 Å². The Hall–Kier alpha value is -3.41. The molecule has 1 N–H and O–H groups in total. The van der Waals surface area contributed by atoms with Gasteiger partial charge in [-0.15, -0.1) is 11.3 Å². The first-order valence-electron chi connectivity index (χ1n) is 10.7. The van der Waals surface area contributed by atoms with Crippen molar-refractivity contribution in [3.05, 3.63) is 64.0 Å². The third kappa shape index (κ3) is 4.17. The number of fused-ring (bicyclic) bond motifs is 1. The predicted octanol–water partition coefficient (Wildman–Crippen LogP) is 5.49. The molecular formula is C25H25N3O4S. The minimum atomic E-state index is -0.819. The van der Waals surface area contributed by atoms with E-state index in [9.17, 15) is 14.9 Å². The SMILES string of the molecule is CC[C@@]1(c2cccs2)OCC(=O)Nc2ccc(-c3ccc(C#N)n3C(=O)OC(C)(C)C)cc21. The largest absolute Gasteiger partial charge is 0.443 e. The Morgan fingerprint density at radius 2 is 2.09 bits per heavy atom. The normalized spacial score (nSPS) is 18.1. The molecule has 8 heteroatoms. The number of nitrogens with one attached hydrogen (secondary N) is 1. The first-order chi connectivity index (χ1) is 15.7. The van der Waals surface area contributed by atoms with Crippen molar-refractivity contribution < 1.29 is 19.1 Å². The third-order valence-electron chi connectivity index (χ3n) is 5.46. The number of nitrogens with zero attached hydrogens (tertiary/aromatic N) is 2. The van der Waals surface area contributed by atoms with Gasteiger partial charge in [0.2, 0.25) is 5.91 Å². The fraction of sp³-hybridized carbons (Fsp3) is 0.320. The molecule has 3 heterocycles. The molecule has 0 aliphatic carbocycles. The highest BCUT2D eigenvalue weighted by Gasteiger charge is 2.40. The molecule has 0 bridgehead atoms. The van der Waals surface area contributed by atoms with Crippen molar-refractivity contribution in [2.75, 3.05) is 11.9 Å². The molecule has 3 aromatic rings. The molecule has 1 aliphatic rings. The second kappa shape index (κ2) is 8.50. The zero-order chi connectivity index (χ0) is 23.8. The highest BCUT2D eigenvalue weighted by molar-refractivity contribution is 7.10. The lowest BCUT2D eigenvalue weighted by molar-refractivity contribution is -0.125. The number of carbonyl (C=O) groups excluding carboxylic acids is 2. The van der Waals surface area contributed by atoms with Crippen molar-refractivity contribution in [2.45, 2.75) is 45.3 Å². The molecule has 4 rings (SSSR count). The molecule has 1 amide bonds. The van der Waals surface area contributed by atoms with E-state index >= 15 is 0 Å². The van der Waals surface area contributed by atoms with Crippen LogP contribution in [0.5, 0.6) is 0 Å². The van der Waals surface area contributed by atoms with Gasteiger partial charge in [0.05, 0.1) is 5.69 Å². The Kier molecular flexibility index (Phi) is 5.87. The van der Waals surface area contributed by atoms with E-state index in [0.29, 0.717) is 23.4 Å². The summed E-state index contributed by atoms with van der Waals surface area (Å²) in [5.74, 6) is -0.222. The zero-order valence-corrected chi connectivity index (χ0v) is 19.8. The van der Waals surface area contributed by atoms with Gasteiger partial charge in [-0.1, -0.05) is 19.1 Å². The molecule has 1 aromatic carbocycles. The summed E-state index contributed by atoms with van der Waals surface area (Å²) in [5, 5.41) is 14.5. The topological polar surface area (TPSA) is 93.4 Å². The summed E-state index contributed by atoms with van der Waals surface area (Å²) in [6.07, 6.45) is -0.0197. The lowest BCUT2D eigenvalue weighted by atomic mass is 9.86. The molecule has 33 heavy (non-hydrogen) atoms. The van der Waals surface area contributed by atoms with Crippen LogP contribution in [0, 0.1) is 11.3 Å². The van der Waals surface area contributed by atoms with Crippen LogP contribution in [-0.4, -0.2) is 28.8 Å². The average molecular weight is 464 g/mol. The fourth-order valence-corrected chi connectivity index (χ4v) is 5.00. The minimum Gasteiger partial charge on any atom is -0.443 e. The van der Waals surface area contributed by atoms with Crippen molar-refractivity contribution in [2.24, 2.45) is 0 Å². The van der Waals surface area contributed by atoms with Crippen molar-refractivity contribution in [3.8, 4) is 17.3 Å². The number of amides is 1. The summed E-state index contributed by atoms with van der Waals surface area (Å²) in [4.78, 5) is 26.3. The Balaban J connectivity index is 1.90. The van der Waals surface area contributed by atoms with Gasteiger partial charge in [-0.2, -0.15) is 5.26 Å². The molecule has 170 valence electrons. The van der Waals surface area contributed by atoms with Gasteiger partial charge in [0.15, 0.2) is 0 Å². The van der Waals surface area contributed by atoms with Crippen molar-refractivity contribution in [1.82, 2.24) is 4.57 Å². The maximum Gasteiger partial charge on any atom is 0.420 e. The second-order valence-electron chi connectivity index (χ2n) is 8.79. The summed E-state index contributed by atoms with van der Waals surface area (Å²) < 4.78 is 13.1. The lowest BCUT2D eigenvalue weighted by Gasteiger charge is -2.32. The van der Waals surface area contributed by atoms with E-state index in [0.717, 1.165) is 10.4 Å². The number of rotatable bonds is 3. The number of hydrogen-bond donors (Lipinski definition) is 1. The van der Waals surface area contributed by atoms with Crippen LogP contribution >= 0.6 is 11.3 Å². The molecule has 0 spiro atoms. The van der Waals surface area contributed by atoms with E-state index in [-0.39, 0.29) is 18.2 Å². The smallest absolute Gasteiger partial charge is 0.420 e. The monoisotopic (exact) mass is 463 g/mol. The van der Waals surface area contributed by atoms with Crippen molar-refractivity contribution >= 4 is 29.0 Å². The maximum absolute atomic E-state index is 13.0. The van der Waals surface area contributed by atoms with E-state index < -0.39 is 17.3 Å². The van der Waals surface area contributed by atoms with Crippen molar-refractivity contribution in [3.63, 3.8) is 0 Å². The fourth-order valence-electron chi connectivity index (χ4n) is 4.03. The van der Waals surface area contributed by atoms with Crippen LogP contribution in [0.1, 0.15) is 50.3 Å². The summed E-state index contributed by atoms with van der Waals surface area (Å²) in [6, 6.07) is 14.9. The van der Waals surface area contributed by atoms with Crippen LogP contribution in [-0.2, 0) is 19.9 Å². The van der Waals surface area contributed by atoms with Gasteiger partial charge in [0.1, 0.15) is 29.6 Å². The predicted molar refractivity (Wildman–Crippen MR) is 126 cm³/mol. The first-order valence-corrected chi connectivity index (χ1v) is 11.5. The van der Waals surface area contributed by atoms with Gasteiger partial charge >= 0.3 is 6.09 Å². The Bertz CT molecular complexity index is 1250. The van der Waals surface area contributed by atoms with E-state index in [2.05, 4.69) is 11.4 Å². The van der Waals surface area contributed by atoms with E-state index in [1.54, 1.807) is 44.2 Å². The van der Waals surface area contributed by atoms with Crippen LogP contribution in [0.4, 0.5) is 10.5 Å². The van der Waals surface area contributed by atoms with E-state index in [4.69, 9.17) is 9.47 Å². The van der Waals surface area contributed by atoms with Crippen LogP contribution in [0.2, 0.25) is 0 Å². The molecule has 1 aliphatic heterocycles. The number of ether oxygens (including phenoxy) is 2. The van der Waals surface area contributed by atoms with Crippen LogP contribution < -0.4 is 5.32 Å². The van der Waals surface area contributed by atoms with Gasteiger partial charge in [-0.05, 0) is 68.5 Å². The molecule has 1 atom stereocenters. The second-order valence-corrected chi connectivity index (χ2v) is 9.73. The number of aromatic nitrogens is 1. The molecule has 0 saturated carbocycles. The summed E-state index contributed by atoms with van der Waals surface area (Å²) in [7, 11) is 0. The quantitative estimate of drug-likeness (QED) is 0.554.